The summed E-state index contributed by atoms with van der Waals surface area (Å²) in [5.74, 6) is 0.811. The van der Waals surface area contributed by atoms with E-state index in [-0.39, 0.29) is 6.04 Å². The van der Waals surface area contributed by atoms with Crippen molar-refractivity contribution in [3.63, 3.8) is 0 Å². The Morgan fingerprint density at radius 2 is 1.93 bits per heavy atom. The van der Waals surface area contributed by atoms with Gasteiger partial charge in [-0.2, -0.15) is 4.31 Å². The minimum Gasteiger partial charge on any atom is -0.355 e. The zero-order valence-electron chi connectivity index (χ0n) is 16.0. The van der Waals surface area contributed by atoms with E-state index in [1.807, 2.05) is 49.6 Å². The fourth-order valence-corrected chi connectivity index (χ4v) is 5.56. The van der Waals surface area contributed by atoms with Crippen LogP contribution in [0.15, 0.2) is 66.0 Å². The largest absolute Gasteiger partial charge is 0.355 e. The Bertz CT molecular complexity index is 1300. The van der Waals surface area contributed by atoms with Crippen LogP contribution in [0.4, 0.5) is 5.82 Å². The first-order chi connectivity index (χ1) is 14.0. The molecule has 0 radical (unpaired) electrons. The summed E-state index contributed by atoms with van der Waals surface area (Å²) in [7, 11) is -1.58. The molecular weight excluding hydrogens is 386 g/mol. The van der Waals surface area contributed by atoms with Gasteiger partial charge in [0, 0.05) is 32.4 Å². The quantitative estimate of drug-likeness (QED) is 0.562. The molecule has 1 atom stereocenters. The number of anilines is 1. The summed E-state index contributed by atoms with van der Waals surface area (Å²) >= 11 is 0. The van der Waals surface area contributed by atoms with Gasteiger partial charge in [-0.15, -0.1) is 0 Å². The zero-order chi connectivity index (χ0) is 20.0. The number of sulfonamides is 1. The van der Waals surface area contributed by atoms with Crippen molar-refractivity contribution in [2.45, 2.75) is 17.4 Å². The van der Waals surface area contributed by atoms with Crippen molar-refractivity contribution in [1.82, 2.24) is 19.3 Å². The highest BCUT2D eigenvalue weighted by Crippen LogP contribution is 2.29. The van der Waals surface area contributed by atoms with Gasteiger partial charge in [0.1, 0.15) is 17.8 Å². The van der Waals surface area contributed by atoms with Gasteiger partial charge in [-0.1, -0.05) is 30.3 Å². The number of benzene rings is 2. The van der Waals surface area contributed by atoms with Crippen molar-refractivity contribution in [1.29, 1.82) is 0 Å². The van der Waals surface area contributed by atoms with E-state index in [1.54, 1.807) is 16.4 Å². The molecule has 1 aliphatic heterocycles. The van der Waals surface area contributed by atoms with Crippen LogP contribution in [0, 0.1) is 0 Å². The van der Waals surface area contributed by atoms with Gasteiger partial charge in [-0.3, -0.25) is 0 Å². The van der Waals surface area contributed by atoms with Gasteiger partial charge in [0.2, 0.25) is 10.0 Å². The van der Waals surface area contributed by atoms with Crippen LogP contribution in [-0.2, 0) is 10.0 Å². The minimum atomic E-state index is -3.54. The summed E-state index contributed by atoms with van der Waals surface area (Å²) < 4.78 is 28.0. The SMILES string of the molecule is CN(c1ncnc2[nH]ccc12)[C@@H]1CCN(S(=O)(=O)c2ccc3ccccc3c2)C1. The van der Waals surface area contributed by atoms with Crippen LogP contribution in [0.3, 0.4) is 0 Å². The lowest BCUT2D eigenvalue weighted by Crippen LogP contribution is -2.37. The van der Waals surface area contributed by atoms with E-state index in [1.165, 1.54) is 6.33 Å². The van der Waals surface area contributed by atoms with E-state index in [4.69, 9.17) is 0 Å². The molecule has 5 rings (SSSR count). The summed E-state index contributed by atoms with van der Waals surface area (Å²) in [6, 6.07) is 15.1. The Hall–Kier alpha value is -2.97. The summed E-state index contributed by atoms with van der Waals surface area (Å²) in [5.41, 5.74) is 0.778. The van der Waals surface area contributed by atoms with Gasteiger partial charge in [0.15, 0.2) is 0 Å². The van der Waals surface area contributed by atoms with Gasteiger partial charge in [-0.05, 0) is 35.4 Å². The highest BCUT2D eigenvalue weighted by Gasteiger charge is 2.35. The maximum absolute atomic E-state index is 13.2. The van der Waals surface area contributed by atoms with Gasteiger partial charge in [-0.25, -0.2) is 18.4 Å². The van der Waals surface area contributed by atoms with E-state index >= 15 is 0 Å². The van der Waals surface area contributed by atoms with Crippen molar-refractivity contribution >= 4 is 37.6 Å². The predicted octanol–water partition coefficient (Wildman–Crippen LogP) is 3.01. The third-order valence-electron chi connectivity index (χ3n) is 5.70. The number of likely N-dealkylation sites (N-methyl/N-ethyl adjacent to an activating group) is 1. The summed E-state index contributed by atoms with van der Waals surface area (Å²) in [4.78, 5) is 14.2. The molecule has 2 aromatic carbocycles. The van der Waals surface area contributed by atoms with Crippen LogP contribution in [0.1, 0.15) is 6.42 Å². The first kappa shape index (κ1) is 18.1. The molecule has 1 saturated heterocycles. The zero-order valence-corrected chi connectivity index (χ0v) is 16.8. The average molecular weight is 407 g/mol. The molecule has 0 saturated carbocycles. The molecule has 1 fully saturated rings. The fourth-order valence-electron chi connectivity index (χ4n) is 4.03. The van der Waals surface area contributed by atoms with E-state index in [0.29, 0.717) is 18.0 Å². The predicted molar refractivity (Wildman–Crippen MR) is 113 cm³/mol. The topological polar surface area (TPSA) is 82.2 Å². The maximum Gasteiger partial charge on any atom is 0.243 e. The molecule has 8 heteroatoms. The van der Waals surface area contributed by atoms with Gasteiger partial charge in [0.05, 0.1) is 10.3 Å². The van der Waals surface area contributed by atoms with Crippen LogP contribution in [0.2, 0.25) is 0 Å². The second-order valence-corrected chi connectivity index (χ2v) is 9.30. The summed E-state index contributed by atoms with van der Waals surface area (Å²) in [5, 5.41) is 2.90. The third kappa shape index (κ3) is 3.04. The van der Waals surface area contributed by atoms with Crippen LogP contribution >= 0.6 is 0 Å². The molecule has 29 heavy (non-hydrogen) atoms. The van der Waals surface area contributed by atoms with Crippen molar-refractivity contribution in [2.75, 3.05) is 25.0 Å². The van der Waals surface area contributed by atoms with Crippen LogP contribution in [0.5, 0.6) is 0 Å². The lowest BCUT2D eigenvalue weighted by atomic mass is 10.1. The van der Waals surface area contributed by atoms with Crippen molar-refractivity contribution < 1.29 is 8.42 Å². The fraction of sp³-hybridized carbons (Fsp3) is 0.238. The maximum atomic E-state index is 13.2. The highest BCUT2D eigenvalue weighted by atomic mass is 32.2. The first-order valence-corrected chi connectivity index (χ1v) is 11.0. The molecule has 1 N–H and O–H groups in total. The minimum absolute atomic E-state index is 0.0539. The van der Waals surface area contributed by atoms with Crippen molar-refractivity contribution in [2.24, 2.45) is 0 Å². The van der Waals surface area contributed by atoms with Gasteiger partial charge >= 0.3 is 0 Å². The van der Waals surface area contributed by atoms with E-state index in [9.17, 15) is 8.42 Å². The number of nitrogens with zero attached hydrogens (tertiary/aromatic N) is 4. The number of aromatic nitrogens is 3. The number of aromatic amines is 1. The Kier molecular flexibility index (Phi) is 4.25. The van der Waals surface area contributed by atoms with E-state index in [2.05, 4.69) is 19.9 Å². The number of nitrogens with one attached hydrogen (secondary N) is 1. The molecule has 0 spiro atoms. The molecular formula is C21H21N5O2S. The second-order valence-electron chi connectivity index (χ2n) is 7.36. The molecule has 7 nitrogen and oxygen atoms in total. The van der Waals surface area contributed by atoms with Crippen LogP contribution in [-0.4, -0.2) is 53.9 Å². The average Bonchev–Trinajstić information content (AvgIpc) is 3.42. The third-order valence-corrected chi connectivity index (χ3v) is 7.56. The smallest absolute Gasteiger partial charge is 0.243 e. The Labute approximate surface area is 169 Å². The highest BCUT2D eigenvalue weighted by molar-refractivity contribution is 7.89. The van der Waals surface area contributed by atoms with Crippen molar-refractivity contribution in [3.8, 4) is 0 Å². The number of fused-ring (bicyclic) bond motifs is 2. The molecule has 1 aliphatic rings. The van der Waals surface area contributed by atoms with Gasteiger partial charge in [0.25, 0.3) is 0 Å². The lowest BCUT2D eigenvalue weighted by Gasteiger charge is -2.26. The van der Waals surface area contributed by atoms with E-state index in [0.717, 1.165) is 34.0 Å². The Morgan fingerprint density at radius 1 is 1.10 bits per heavy atom. The number of hydrogen-bond acceptors (Lipinski definition) is 5. The molecule has 4 aromatic rings. The molecule has 0 amide bonds. The molecule has 3 heterocycles. The molecule has 0 bridgehead atoms. The number of H-pyrrole nitrogens is 1. The number of rotatable bonds is 4. The lowest BCUT2D eigenvalue weighted by molar-refractivity contribution is 0.470. The molecule has 148 valence electrons. The van der Waals surface area contributed by atoms with Crippen LogP contribution < -0.4 is 4.90 Å². The van der Waals surface area contributed by atoms with E-state index < -0.39 is 10.0 Å². The first-order valence-electron chi connectivity index (χ1n) is 9.54. The van der Waals surface area contributed by atoms with Crippen LogP contribution in [0.25, 0.3) is 21.8 Å². The Morgan fingerprint density at radius 3 is 2.79 bits per heavy atom. The summed E-state index contributed by atoms with van der Waals surface area (Å²) in [6.07, 6.45) is 4.12. The Balaban J connectivity index is 1.41. The second kappa shape index (κ2) is 6.82. The molecule has 0 aliphatic carbocycles. The summed E-state index contributed by atoms with van der Waals surface area (Å²) in [6.45, 7) is 0.924. The monoisotopic (exact) mass is 407 g/mol. The number of hydrogen-bond donors (Lipinski definition) is 1. The van der Waals surface area contributed by atoms with Crippen molar-refractivity contribution in [3.05, 3.63) is 61.1 Å². The normalized spacial score (nSPS) is 17.9. The van der Waals surface area contributed by atoms with Gasteiger partial charge < -0.3 is 9.88 Å². The molecule has 0 unspecified atom stereocenters. The molecule has 2 aromatic heterocycles. The standard InChI is InChI=1S/C21H21N5O2S/c1-25(21-19-8-10-22-20(19)23-14-24-21)17-9-11-26(13-17)29(27,28)18-7-6-15-4-2-3-5-16(15)12-18/h2-8,10,12,14,17H,9,11,13H2,1H3,(H,22,23,24)/t17-/m1/s1.